The standard InChI is InChI=1S/C9H13Cl2N3O/c1-3-15-5-6(2)12-7-4-8(10)13-14-9(7)11/h4,6H,3,5H2,1-2H3,(H,12,13). The smallest absolute Gasteiger partial charge is 0.174 e. The number of aromatic nitrogens is 2. The molecule has 1 aromatic heterocycles. The largest absolute Gasteiger partial charge is 0.380 e. The summed E-state index contributed by atoms with van der Waals surface area (Å²) in [5, 5.41) is 11.1. The Balaban J connectivity index is 2.59. The minimum Gasteiger partial charge on any atom is -0.380 e. The molecule has 0 aliphatic carbocycles. The average molecular weight is 250 g/mol. The van der Waals surface area contributed by atoms with E-state index in [9.17, 15) is 0 Å². The fourth-order valence-corrected chi connectivity index (χ4v) is 1.35. The molecular formula is C9H13Cl2N3O. The van der Waals surface area contributed by atoms with E-state index in [1.807, 2.05) is 13.8 Å². The maximum absolute atomic E-state index is 5.84. The molecule has 0 spiro atoms. The molecule has 0 amide bonds. The van der Waals surface area contributed by atoms with Crippen molar-refractivity contribution in [2.75, 3.05) is 18.5 Å². The van der Waals surface area contributed by atoms with Crippen molar-refractivity contribution in [1.29, 1.82) is 0 Å². The van der Waals surface area contributed by atoms with E-state index >= 15 is 0 Å². The SMILES string of the molecule is CCOCC(C)Nc1cc(Cl)nnc1Cl. The summed E-state index contributed by atoms with van der Waals surface area (Å²) in [4.78, 5) is 0. The van der Waals surface area contributed by atoms with Crippen LogP contribution in [0.4, 0.5) is 5.69 Å². The third-order valence-corrected chi connectivity index (χ3v) is 2.16. The van der Waals surface area contributed by atoms with Crippen LogP contribution in [0.25, 0.3) is 0 Å². The lowest BCUT2D eigenvalue weighted by molar-refractivity contribution is 0.141. The van der Waals surface area contributed by atoms with Gasteiger partial charge in [0.05, 0.1) is 12.3 Å². The molecule has 0 aliphatic heterocycles. The van der Waals surface area contributed by atoms with Gasteiger partial charge in [-0.15, -0.1) is 10.2 Å². The maximum Gasteiger partial charge on any atom is 0.174 e. The van der Waals surface area contributed by atoms with Gasteiger partial charge in [-0.05, 0) is 13.8 Å². The van der Waals surface area contributed by atoms with Crippen LogP contribution in [0.3, 0.4) is 0 Å². The highest BCUT2D eigenvalue weighted by Gasteiger charge is 2.07. The Morgan fingerprint density at radius 2 is 2.20 bits per heavy atom. The fourth-order valence-electron chi connectivity index (χ4n) is 1.06. The van der Waals surface area contributed by atoms with E-state index in [0.29, 0.717) is 29.2 Å². The number of nitrogens with zero attached hydrogens (tertiary/aromatic N) is 2. The van der Waals surface area contributed by atoms with E-state index in [4.69, 9.17) is 27.9 Å². The van der Waals surface area contributed by atoms with Crippen LogP contribution in [0, 0.1) is 0 Å². The highest BCUT2D eigenvalue weighted by atomic mass is 35.5. The van der Waals surface area contributed by atoms with Gasteiger partial charge in [0.25, 0.3) is 0 Å². The highest BCUT2D eigenvalue weighted by Crippen LogP contribution is 2.21. The lowest BCUT2D eigenvalue weighted by Gasteiger charge is -2.15. The van der Waals surface area contributed by atoms with Crippen LogP contribution < -0.4 is 5.32 Å². The summed E-state index contributed by atoms with van der Waals surface area (Å²) in [6.45, 7) is 5.23. The number of rotatable bonds is 5. The van der Waals surface area contributed by atoms with Crippen molar-refractivity contribution in [3.8, 4) is 0 Å². The van der Waals surface area contributed by atoms with Gasteiger partial charge in [-0.2, -0.15) is 0 Å². The zero-order valence-electron chi connectivity index (χ0n) is 8.63. The van der Waals surface area contributed by atoms with Crippen LogP contribution >= 0.6 is 23.2 Å². The lowest BCUT2D eigenvalue weighted by atomic mass is 10.3. The molecule has 1 atom stereocenters. The van der Waals surface area contributed by atoms with Crippen molar-refractivity contribution in [1.82, 2.24) is 10.2 Å². The van der Waals surface area contributed by atoms with Crippen LogP contribution in [0.2, 0.25) is 10.3 Å². The maximum atomic E-state index is 5.84. The first-order chi connectivity index (χ1) is 7.13. The Bertz CT molecular complexity index is 322. The summed E-state index contributed by atoms with van der Waals surface area (Å²) >= 11 is 11.5. The second-order valence-corrected chi connectivity index (χ2v) is 3.82. The summed E-state index contributed by atoms with van der Waals surface area (Å²) < 4.78 is 5.26. The monoisotopic (exact) mass is 249 g/mol. The Hall–Kier alpha value is -0.580. The second kappa shape index (κ2) is 6.10. The Morgan fingerprint density at radius 3 is 2.87 bits per heavy atom. The average Bonchev–Trinajstić information content (AvgIpc) is 2.20. The molecule has 0 bridgehead atoms. The zero-order chi connectivity index (χ0) is 11.3. The van der Waals surface area contributed by atoms with Gasteiger partial charge in [0, 0.05) is 18.7 Å². The molecule has 0 saturated heterocycles. The minimum absolute atomic E-state index is 0.141. The predicted molar refractivity (Wildman–Crippen MR) is 61.6 cm³/mol. The molecular weight excluding hydrogens is 237 g/mol. The van der Waals surface area contributed by atoms with Crippen LogP contribution in [0.1, 0.15) is 13.8 Å². The molecule has 0 aromatic carbocycles. The molecule has 6 heteroatoms. The van der Waals surface area contributed by atoms with E-state index in [2.05, 4.69) is 15.5 Å². The van der Waals surface area contributed by atoms with Crippen LogP contribution in [0.15, 0.2) is 6.07 Å². The van der Waals surface area contributed by atoms with E-state index in [-0.39, 0.29) is 6.04 Å². The number of nitrogens with one attached hydrogen (secondary N) is 1. The lowest BCUT2D eigenvalue weighted by Crippen LogP contribution is -2.22. The van der Waals surface area contributed by atoms with Crippen molar-refractivity contribution in [2.45, 2.75) is 19.9 Å². The Labute approximate surface area is 98.9 Å². The van der Waals surface area contributed by atoms with Gasteiger partial charge in [-0.3, -0.25) is 0 Å². The van der Waals surface area contributed by atoms with Crippen molar-refractivity contribution >= 4 is 28.9 Å². The zero-order valence-corrected chi connectivity index (χ0v) is 10.1. The molecule has 0 saturated carbocycles. The van der Waals surface area contributed by atoms with Gasteiger partial charge in [-0.1, -0.05) is 23.2 Å². The molecule has 0 radical (unpaired) electrons. The summed E-state index contributed by atoms with van der Waals surface area (Å²) in [6, 6.07) is 1.78. The summed E-state index contributed by atoms with van der Waals surface area (Å²) in [6.07, 6.45) is 0. The third kappa shape index (κ3) is 4.20. The topological polar surface area (TPSA) is 47.0 Å². The number of halogens is 2. The molecule has 1 heterocycles. The molecule has 84 valence electrons. The molecule has 1 N–H and O–H groups in total. The Morgan fingerprint density at radius 1 is 1.47 bits per heavy atom. The third-order valence-electron chi connectivity index (χ3n) is 1.69. The summed E-state index contributed by atoms with van der Waals surface area (Å²) in [5.41, 5.74) is 0.670. The molecule has 1 unspecified atom stereocenters. The number of anilines is 1. The first-order valence-electron chi connectivity index (χ1n) is 4.66. The van der Waals surface area contributed by atoms with Gasteiger partial charge in [0.15, 0.2) is 10.3 Å². The van der Waals surface area contributed by atoms with Gasteiger partial charge in [0.1, 0.15) is 0 Å². The summed E-state index contributed by atoms with van der Waals surface area (Å²) in [5.74, 6) is 0. The fraction of sp³-hybridized carbons (Fsp3) is 0.556. The van der Waals surface area contributed by atoms with Gasteiger partial charge in [0.2, 0.25) is 0 Å². The van der Waals surface area contributed by atoms with Crippen molar-refractivity contribution in [2.24, 2.45) is 0 Å². The van der Waals surface area contributed by atoms with E-state index in [0.717, 1.165) is 0 Å². The van der Waals surface area contributed by atoms with Crippen molar-refractivity contribution in [3.05, 3.63) is 16.4 Å². The Kier molecular flexibility index (Phi) is 5.08. The molecule has 1 rings (SSSR count). The minimum atomic E-state index is 0.141. The van der Waals surface area contributed by atoms with Gasteiger partial charge in [-0.25, -0.2) is 0 Å². The van der Waals surface area contributed by atoms with E-state index < -0.39 is 0 Å². The number of hydrogen-bond donors (Lipinski definition) is 1. The first-order valence-corrected chi connectivity index (χ1v) is 5.42. The predicted octanol–water partition coefficient (Wildman–Crippen LogP) is 2.62. The van der Waals surface area contributed by atoms with Crippen LogP contribution in [-0.4, -0.2) is 29.5 Å². The second-order valence-electron chi connectivity index (χ2n) is 3.08. The molecule has 0 aliphatic rings. The molecule has 1 aromatic rings. The quantitative estimate of drug-likeness (QED) is 0.872. The molecule has 4 nitrogen and oxygen atoms in total. The summed E-state index contributed by atoms with van der Waals surface area (Å²) in [7, 11) is 0. The van der Waals surface area contributed by atoms with E-state index in [1.165, 1.54) is 0 Å². The van der Waals surface area contributed by atoms with Gasteiger partial charge >= 0.3 is 0 Å². The van der Waals surface area contributed by atoms with Crippen molar-refractivity contribution in [3.63, 3.8) is 0 Å². The highest BCUT2D eigenvalue weighted by molar-refractivity contribution is 6.33. The molecule has 15 heavy (non-hydrogen) atoms. The van der Waals surface area contributed by atoms with Crippen LogP contribution in [-0.2, 0) is 4.74 Å². The van der Waals surface area contributed by atoms with E-state index in [1.54, 1.807) is 6.07 Å². The number of hydrogen-bond acceptors (Lipinski definition) is 4. The number of ether oxygens (including phenoxy) is 1. The van der Waals surface area contributed by atoms with Gasteiger partial charge < -0.3 is 10.1 Å². The normalized spacial score (nSPS) is 12.5. The first kappa shape index (κ1) is 12.5. The van der Waals surface area contributed by atoms with Crippen molar-refractivity contribution < 1.29 is 4.74 Å². The van der Waals surface area contributed by atoms with Crippen LogP contribution in [0.5, 0.6) is 0 Å². The molecule has 0 fully saturated rings.